The lowest BCUT2D eigenvalue weighted by Crippen LogP contribution is -2.43. The van der Waals surface area contributed by atoms with E-state index >= 15 is 0 Å². The Morgan fingerprint density at radius 1 is 1.53 bits per heavy atom. The smallest absolute Gasteiger partial charge is 0.254 e. The molecular weight excluding hydrogens is 308 g/mol. The molecule has 1 heterocycles. The van der Waals surface area contributed by atoms with Gasteiger partial charge in [0.1, 0.15) is 0 Å². The molecule has 19 heavy (non-hydrogen) atoms. The summed E-state index contributed by atoms with van der Waals surface area (Å²) in [5.41, 5.74) is 0.706. The average Bonchev–Trinajstić information content (AvgIpc) is 2.45. The highest BCUT2D eigenvalue weighted by Gasteiger charge is 2.17. The van der Waals surface area contributed by atoms with Gasteiger partial charge in [-0.15, -0.1) is 0 Å². The monoisotopic (exact) mass is 326 g/mol. The molecule has 1 fully saturated rings. The minimum Gasteiger partial charge on any atom is -0.379 e. The quantitative estimate of drug-likeness (QED) is 0.918. The summed E-state index contributed by atoms with van der Waals surface area (Å²) in [6.45, 7) is 3.13. The molecule has 0 radical (unpaired) electrons. The van der Waals surface area contributed by atoms with Crippen molar-refractivity contribution in [3.8, 4) is 0 Å². The molecule has 1 aromatic rings. The first-order valence-corrected chi connectivity index (χ1v) is 7.29. The van der Waals surface area contributed by atoms with Gasteiger partial charge in [0, 0.05) is 30.7 Å². The molecule has 0 spiro atoms. The Kier molecular flexibility index (Phi) is 5.36. The van der Waals surface area contributed by atoms with Crippen LogP contribution in [0.3, 0.4) is 0 Å². The van der Waals surface area contributed by atoms with Crippen molar-refractivity contribution in [3.05, 3.63) is 34.3 Å². The Morgan fingerprint density at radius 3 is 3.00 bits per heavy atom. The van der Waals surface area contributed by atoms with Gasteiger partial charge in [0.2, 0.25) is 0 Å². The second-order valence-electron chi connectivity index (χ2n) is 4.72. The number of rotatable bonds is 4. The van der Waals surface area contributed by atoms with Crippen LogP contribution < -0.4 is 5.32 Å². The molecule has 1 saturated heterocycles. The maximum Gasteiger partial charge on any atom is 0.254 e. The fraction of sp³-hybridized carbons (Fsp3) is 0.500. The van der Waals surface area contributed by atoms with Crippen LogP contribution in [0.2, 0.25) is 0 Å². The highest BCUT2D eigenvalue weighted by molar-refractivity contribution is 9.10. The van der Waals surface area contributed by atoms with Crippen LogP contribution in [0.15, 0.2) is 28.7 Å². The van der Waals surface area contributed by atoms with Crippen LogP contribution in [0.1, 0.15) is 16.8 Å². The molecule has 1 N–H and O–H groups in total. The molecule has 0 aliphatic carbocycles. The van der Waals surface area contributed by atoms with E-state index in [4.69, 9.17) is 4.74 Å². The largest absolute Gasteiger partial charge is 0.379 e. The molecule has 1 aromatic carbocycles. The topological polar surface area (TPSA) is 41.6 Å². The summed E-state index contributed by atoms with van der Waals surface area (Å²) in [6, 6.07) is 7.86. The van der Waals surface area contributed by atoms with Gasteiger partial charge >= 0.3 is 0 Å². The van der Waals surface area contributed by atoms with Crippen molar-refractivity contribution >= 4 is 21.8 Å². The van der Waals surface area contributed by atoms with Crippen molar-refractivity contribution in [1.82, 2.24) is 10.2 Å². The normalized spacial score (nSPS) is 19.2. The Labute approximate surface area is 122 Å². The van der Waals surface area contributed by atoms with Gasteiger partial charge in [-0.3, -0.25) is 4.79 Å². The molecule has 5 heteroatoms. The highest BCUT2D eigenvalue weighted by Crippen LogP contribution is 2.17. The van der Waals surface area contributed by atoms with Gasteiger partial charge in [0.05, 0.1) is 18.8 Å². The number of carbonyl (C=O) groups is 1. The molecule has 2 rings (SSSR count). The number of nitrogens with one attached hydrogen (secondary N) is 1. The number of halogens is 1. The van der Waals surface area contributed by atoms with Crippen molar-refractivity contribution < 1.29 is 9.53 Å². The van der Waals surface area contributed by atoms with E-state index in [-0.39, 0.29) is 5.91 Å². The van der Waals surface area contributed by atoms with Crippen molar-refractivity contribution in [2.24, 2.45) is 0 Å². The minimum atomic E-state index is 0.0456. The zero-order valence-corrected chi connectivity index (χ0v) is 12.6. The SMILES string of the molecule is CN(CCC1COCCN1)C(=O)c1ccccc1Br. The van der Waals surface area contributed by atoms with Crippen LogP contribution in [0.5, 0.6) is 0 Å². The van der Waals surface area contributed by atoms with Crippen molar-refractivity contribution in [1.29, 1.82) is 0 Å². The number of morpholine rings is 1. The van der Waals surface area contributed by atoms with Crippen molar-refractivity contribution in [2.75, 3.05) is 33.4 Å². The lowest BCUT2D eigenvalue weighted by Gasteiger charge is -2.26. The maximum absolute atomic E-state index is 12.3. The molecule has 1 amide bonds. The number of nitrogens with zero attached hydrogens (tertiary/aromatic N) is 1. The summed E-state index contributed by atoms with van der Waals surface area (Å²) in [5.74, 6) is 0.0456. The van der Waals surface area contributed by atoms with Crippen LogP contribution in [0, 0.1) is 0 Å². The van der Waals surface area contributed by atoms with Gasteiger partial charge < -0.3 is 15.0 Å². The summed E-state index contributed by atoms with van der Waals surface area (Å²) >= 11 is 3.41. The van der Waals surface area contributed by atoms with Crippen molar-refractivity contribution in [2.45, 2.75) is 12.5 Å². The summed E-state index contributed by atoms with van der Waals surface area (Å²) in [7, 11) is 1.84. The number of carbonyl (C=O) groups excluding carboxylic acids is 1. The summed E-state index contributed by atoms with van der Waals surface area (Å²) in [6.07, 6.45) is 0.909. The van der Waals surface area contributed by atoms with Crippen molar-refractivity contribution in [3.63, 3.8) is 0 Å². The minimum absolute atomic E-state index is 0.0456. The highest BCUT2D eigenvalue weighted by atomic mass is 79.9. The Bertz CT molecular complexity index is 433. The van der Waals surface area contributed by atoms with Crippen LogP contribution in [0.25, 0.3) is 0 Å². The number of benzene rings is 1. The third kappa shape index (κ3) is 4.03. The molecule has 1 atom stereocenters. The number of hydrogen-bond acceptors (Lipinski definition) is 3. The molecule has 1 aliphatic rings. The summed E-state index contributed by atoms with van der Waals surface area (Å²) in [5, 5.41) is 3.39. The molecule has 0 saturated carbocycles. The Morgan fingerprint density at radius 2 is 2.32 bits per heavy atom. The van der Waals surface area contributed by atoms with E-state index < -0.39 is 0 Å². The third-order valence-electron chi connectivity index (χ3n) is 3.26. The number of amides is 1. The fourth-order valence-corrected chi connectivity index (χ4v) is 2.55. The molecule has 104 valence electrons. The van der Waals surface area contributed by atoms with Gasteiger partial charge in [-0.2, -0.15) is 0 Å². The molecule has 0 bridgehead atoms. The van der Waals surface area contributed by atoms with Gasteiger partial charge in [-0.1, -0.05) is 12.1 Å². The van der Waals surface area contributed by atoms with E-state index in [0.29, 0.717) is 11.6 Å². The first kappa shape index (κ1) is 14.5. The first-order valence-electron chi connectivity index (χ1n) is 6.49. The lowest BCUT2D eigenvalue weighted by atomic mass is 10.1. The first-order chi connectivity index (χ1) is 9.18. The predicted molar refractivity (Wildman–Crippen MR) is 78.3 cm³/mol. The van der Waals surface area contributed by atoms with E-state index in [2.05, 4.69) is 21.2 Å². The molecule has 0 aromatic heterocycles. The van der Waals surface area contributed by atoms with E-state index in [9.17, 15) is 4.79 Å². The van der Waals surface area contributed by atoms with E-state index in [1.165, 1.54) is 0 Å². The molecule has 4 nitrogen and oxygen atoms in total. The lowest BCUT2D eigenvalue weighted by molar-refractivity contribution is 0.0653. The van der Waals surface area contributed by atoms with Gasteiger partial charge in [-0.05, 0) is 34.5 Å². The van der Waals surface area contributed by atoms with E-state index in [0.717, 1.165) is 37.2 Å². The van der Waals surface area contributed by atoms with Crippen LogP contribution >= 0.6 is 15.9 Å². The second-order valence-corrected chi connectivity index (χ2v) is 5.58. The standard InChI is InChI=1S/C14H19BrN2O2/c1-17(8-6-11-10-19-9-7-16-11)14(18)12-4-2-3-5-13(12)15/h2-5,11,16H,6-10H2,1H3. The van der Waals surface area contributed by atoms with Crippen LogP contribution in [-0.4, -0.2) is 50.2 Å². The molecule has 1 aliphatic heterocycles. The molecular formula is C14H19BrN2O2. The molecule has 1 unspecified atom stereocenters. The van der Waals surface area contributed by atoms with Crippen LogP contribution in [-0.2, 0) is 4.74 Å². The number of hydrogen-bond donors (Lipinski definition) is 1. The van der Waals surface area contributed by atoms with E-state index in [1.54, 1.807) is 4.90 Å². The van der Waals surface area contributed by atoms with Gasteiger partial charge in [0.15, 0.2) is 0 Å². The Hall–Kier alpha value is -0.910. The van der Waals surface area contributed by atoms with Crippen LogP contribution in [0.4, 0.5) is 0 Å². The summed E-state index contributed by atoms with van der Waals surface area (Å²) in [4.78, 5) is 14.0. The average molecular weight is 327 g/mol. The fourth-order valence-electron chi connectivity index (χ4n) is 2.10. The zero-order chi connectivity index (χ0) is 13.7. The van der Waals surface area contributed by atoms with Gasteiger partial charge in [0.25, 0.3) is 5.91 Å². The maximum atomic E-state index is 12.3. The second kappa shape index (κ2) is 7.03. The third-order valence-corrected chi connectivity index (χ3v) is 3.95. The predicted octanol–water partition coefficient (Wildman–Crippen LogP) is 1.90. The van der Waals surface area contributed by atoms with E-state index in [1.807, 2.05) is 31.3 Å². The van der Waals surface area contributed by atoms with Gasteiger partial charge in [-0.25, -0.2) is 0 Å². The Balaban J connectivity index is 1.87. The zero-order valence-electron chi connectivity index (χ0n) is 11.1. The number of ether oxygens (including phenoxy) is 1. The summed E-state index contributed by atoms with van der Waals surface area (Å²) < 4.78 is 6.24.